The molecule has 1 heterocycles. The fraction of sp³-hybridized carbons (Fsp3) is 0.583. The number of nitrogens with one attached hydrogen (secondary N) is 1. The van der Waals surface area contributed by atoms with Crippen LogP contribution in [0.25, 0.3) is 0 Å². The lowest BCUT2D eigenvalue weighted by molar-refractivity contribution is 0.388. The summed E-state index contributed by atoms with van der Waals surface area (Å²) >= 11 is 0. The van der Waals surface area contributed by atoms with E-state index in [4.69, 9.17) is 5.26 Å². The highest BCUT2D eigenvalue weighted by Crippen LogP contribution is 2.18. The van der Waals surface area contributed by atoms with Gasteiger partial charge in [0.05, 0.1) is 11.5 Å². The largest absolute Gasteiger partial charge is 0.268 e. The predicted molar refractivity (Wildman–Crippen MR) is 64.8 cm³/mol. The van der Waals surface area contributed by atoms with Gasteiger partial charge in [0.1, 0.15) is 0 Å². The molecule has 5 nitrogen and oxygen atoms in total. The van der Waals surface area contributed by atoms with E-state index in [1.807, 2.05) is 0 Å². The van der Waals surface area contributed by atoms with Gasteiger partial charge in [-0.3, -0.25) is 14.7 Å². The molecule has 0 aliphatic carbocycles. The van der Waals surface area contributed by atoms with Gasteiger partial charge in [-0.05, 0) is 34.1 Å². The van der Waals surface area contributed by atoms with Crippen LogP contribution in [0.1, 0.15) is 31.4 Å². The summed E-state index contributed by atoms with van der Waals surface area (Å²) < 4.78 is 1.28. The fourth-order valence-corrected chi connectivity index (χ4v) is 1.39. The molecule has 5 heteroatoms. The van der Waals surface area contributed by atoms with Crippen LogP contribution in [-0.4, -0.2) is 9.78 Å². The van der Waals surface area contributed by atoms with Gasteiger partial charge in [-0.15, -0.1) is 0 Å². The zero-order valence-corrected chi connectivity index (χ0v) is 10.6. The van der Waals surface area contributed by atoms with E-state index in [0.717, 1.165) is 0 Å². The Bertz CT molecular complexity index is 573. The van der Waals surface area contributed by atoms with Crippen LogP contribution in [0.4, 0.5) is 0 Å². The van der Waals surface area contributed by atoms with Gasteiger partial charge in [-0.2, -0.15) is 5.26 Å². The Hall–Kier alpha value is -1.83. The third-order valence-electron chi connectivity index (χ3n) is 2.97. The standard InChI is InChI=1S/C12H17N3O2/c1-8-9(2)11(17)15(14-10(8)16)6-5-12(3,4)7-13/h5-6H2,1-4H3,(H,14,16). The van der Waals surface area contributed by atoms with Gasteiger partial charge in [0, 0.05) is 17.7 Å². The Morgan fingerprint density at radius 3 is 2.41 bits per heavy atom. The number of aromatic nitrogens is 2. The van der Waals surface area contributed by atoms with E-state index in [2.05, 4.69) is 11.2 Å². The molecule has 1 N–H and O–H groups in total. The first-order valence-electron chi connectivity index (χ1n) is 5.50. The van der Waals surface area contributed by atoms with Gasteiger partial charge >= 0.3 is 0 Å². The van der Waals surface area contributed by atoms with Crippen molar-refractivity contribution >= 4 is 0 Å². The molecule has 92 valence electrons. The molecule has 0 atom stereocenters. The normalized spacial score (nSPS) is 11.2. The first-order chi connectivity index (χ1) is 7.78. The summed E-state index contributed by atoms with van der Waals surface area (Å²) in [6.07, 6.45) is 0.516. The summed E-state index contributed by atoms with van der Waals surface area (Å²) in [5.41, 5.74) is -0.0446. The van der Waals surface area contributed by atoms with Gasteiger partial charge in [0.25, 0.3) is 11.1 Å². The van der Waals surface area contributed by atoms with Crippen LogP contribution in [0.5, 0.6) is 0 Å². The number of nitrogens with zero attached hydrogens (tertiary/aromatic N) is 2. The summed E-state index contributed by atoms with van der Waals surface area (Å²) in [5, 5.41) is 11.4. The van der Waals surface area contributed by atoms with Crippen LogP contribution in [0, 0.1) is 30.6 Å². The van der Waals surface area contributed by atoms with Crippen molar-refractivity contribution in [3.8, 4) is 6.07 Å². The minimum atomic E-state index is -0.505. The van der Waals surface area contributed by atoms with Gasteiger partial charge in [0.15, 0.2) is 0 Å². The molecule has 0 aliphatic heterocycles. The van der Waals surface area contributed by atoms with Crippen molar-refractivity contribution in [3.63, 3.8) is 0 Å². The molecule has 0 spiro atoms. The second-order valence-electron chi connectivity index (χ2n) is 4.89. The van der Waals surface area contributed by atoms with Crippen LogP contribution in [0.15, 0.2) is 9.59 Å². The van der Waals surface area contributed by atoms with Crippen molar-refractivity contribution in [2.24, 2.45) is 5.41 Å². The predicted octanol–water partition coefficient (Wildman–Crippen LogP) is 1.09. The number of aryl methyl sites for hydroxylation is 1. The average molecular weight is 235 g/mol. The van der Waals surface area contributed by atoms with Gasteiger partial charge < -0.3 is 0 Å². The summed E-state index contributed by atoms with van der Waals surface area (Å²) in [6.45, 7) is 7.21. The fourth-order valence-electron chi connectivity index (χ4n) is 1.39. The SMILES string of the molecule is Cc1c(C)c(=O)n(CCC(C)(C)C#N)[nH]c1=O. The van der Waals surface area contributed by atoms with Crippen LogP contribution < -0.4 is 11.1 Å². The Balaban J connectivity index is 3.07. The van der Waals surface area contributed by atoms with E-state index in [1.54, 1.807) is 27.7 Å². The summed E-state index contributed by atoms with van der Waals surface area (Å²) in [4.78, 5) is 23.4. The lowest BCUT2D eigenvalue weighted by atomic mass is 9.91. The van der Waals surface area contributed by atoms with E-state index in [0.29, 0.717) is 24.1 Å². The molecule has 0 bridgehead atoms. The maximum atomic E-state index is 11.9. The third kappa shape index (κ3) is 2.84. The van der Waals surface area contributed by atoms with E-state index >= 15 is 0 Å². The van der Waals surface area contributed by atoms with Gasteiger partial charge in [-0.25, -0.2) is 4.68 Å². The van der Waals surface area contributed by atoms with Crippen LogP contribution in [0.3, 0.4) is 0 Å². The van der Waals surface area contributed by atoms with Crippen LogP contribution >= 0.6 is 0 Å². The minimum Gasteiger partial charge on any atom is -0.268 e. The van der Waals surface area contributed by atoms with Gasteiger partial charge in [0.2, 0.25) is 0 Å². The Kier molecular flexibility index (Phi) is 3.56. The molecule has 1 rings (SSSR count). The molecule has 17 heavy (non-hydrogen) atoms. The Labute approximate surface area is 99.7 Å². The van der Waals surface area contributed by atoms with E-state index < -0.39 is 5.41 Å². The second-order valence-corrected chi connectivity index (χ2v) is 4.89. The second kappa shape index (κ2) is 4.58. The molecule has 0 amide bonds. The smallest absolute Gasteiger partial charge is 0.268 e. The number of rotatable bonds is 3. The highest BCUT2D eigenvalue weighted by atomic mass is 16.2. The highest BCUT2D eigenvalue weighted by Gasteiger charge is 2.17. The van der Waals surface area contributed by atoms with Crippen molar-refractivity contribution in [2.75, 3.05) is 0 Å². The monoisotopic (exact) mass is 235 g/mol. The first kappa shape index (κ1) is 13.2. The minimum absolute atomic E-state index is 0.198. The van der Waals surface area contributed by atoms with E-state index in [1.165, 1.54) is 4.68 Å². The molecule has 0 radical (unpaired) electrons. The molecular weight excluding hydrogens is 218 g/mol. The van der Waals surface area contributed by atoms with Crippen molar-refractivity contribution in [3.05, 3.63) is 31.8 Å². The molecule has 0 unspecified atom stereocenters. The van der Waals surface area contributed by atoms with Crippen molar-refractivity contribution in [1.82, 2.24) is 9.78 Å². The number of hydrogen-bond acceptors (Lipinski definition) is 3. The molecule has 0 aliphatic rings. The first-order valence-corrected chi connectivity index (χ1v) is 5.50. The average Bonchev–Trinajstić information content (AvgIpc) is 2.29. The van der Waals surface area contributed by atoms with E-state index in [-0.39, 0.29) is 11.1 Å². The summed E-state index contributed by atoms with van der Waals surface area (Å²) in [5.74, 6) is 0. The van der Waals surface area contributed by atoms with Crippen molar-refractivity contribution < 1.29 is 0 Å². The topological polar surface area (TPSA) is 78.7 Å². The maximum Gasteiger partial charge on any atom is 0.268 e. The van der Waals surface area contributed by atoms with Crippen molar-refractivity contribution in [2.45, 2.75) is 40.7 Å². The number of nitriles is 1. The number of aromatic amines is 1. The third-order valence-corrected chi connectivity index (χ3v) is 2.97. The number of H-pyrrole nitrogens is 1. The van der Waals surface area contributed by atoms with Gasteiger partial charge in [-0.1, -0.05) is 0 Å². The zero-order valence-electron chi connectivity index (χ0n) is 10.6. The summed E-state index contributed by atoms with van der Waals surface area (Å²) in [7, 11) is 0. The lowest BCUT2D eigenvalue weighted by Gasteiger charge is -2.15. The lowest BCUT2D eigenvalue weighted by Crippen LogP contribution is -2.34. The molecule has 0 fully saturated rings. The molecule has 0 saturated heterocycles. The Morgan fingerprint density at radius 2 is 1.88 bits per heavy atom. The summed E-state index contributed by atoms with van der Waals surface area (Å²) in [6, 6.07) is 2.16. The quantitative estimate of drug-likeness (QED) is 0.851. The molecule has 0 saturated carbocycles. The molecule has 0 aromatic carbocycles. The van der Waals surface area contributed by atoms with Crippen LogP contribution in [0.2, 0.25) is 0 Å². The zero-order chi connectivity index (χ0) is 13.2. The van der Waals surface area contributed by atoms with Crippen molar-refractivity contribution in [1.29, 1.82) is 5.26 Å². The molecular formula is C12H17N3O2. The highest BCUT2D eigenvalue weighted by molar-refractivity contribution is 5.17. The number of hydrogen-bond donors (Lipinski definition) is 1. The molecule has 1 aromatic rings. The Morgan fingerprint density at radius 1 is 1.29 bits per heavy atom. The maximum absolute atomic E-state index is 11.9. The molecule has 1 aromatic heterocycles. The van der Waals surface area contributed by atoms with Crippen LogP contribution in [-0.2, 0) is 6.54 Å². The van der Waals surface area contributed by atoms with E-state index in [9.17, 15) is 9.59 Å².